The molecule has 0 radical (unpaired) electrons. The van der Waals surface area contributed by atoms with E-state index in [-0.39, 0.29) is 17.9 Å². The average Bonchev–Trinajstić information content (AvgIpc) is 3.45. The lowest BCUT2D eigenvalue weighted by Crippen LogP contribution is -3.11. The first kappa shape index (κ1) is 17.9. The summed E-state index contributed by atoms with van der Waals surface area (Å²) in [5, 5.41) is 2.99. The van der Waals surface area contributed by atoms with E-state index in [0.29, 0.717) is 31.6 Å². The fourth-order valence-electron chi connectivity index (χ4n) is 3.28. The highest BCUT2D eigenvalue weighted by atomic mass is 16.2. The van der Waals surface area contributed by atoms with E-state index >= 15 is 0 Å². The Bertz CT molecular complexity index is 596. The van der Waals surface area contributed by atoms with E-state index in [1.165, 1.54) is 12.8 Å². The zero-order valence-corrected chi connectivity index (χ0v) is 15.3. The Morgan fingerprint density at radius 1 is 1.16 bits per heavy atom. The zero-order valence-electron chi connectivity index (χ0n) is 15.3. The number of hydrogen-bond acceptors (Lipinski definition) is 2. The Morgan fingerprint density at radius 2 is 1.84 bits per heavy atom. The second-order valence-corrected chi connectivity index (χ2v) is 7.74. The normalized spacial score (nSPS) is 19.1. The van der Waals surface area contributed by atoms with E-state index in [9.17, 15) is 9.59 Å². The number of amides is 2. The van der Waals surface area contributed by atoms with E-state index in [4.69, 9.17) is 0 Å². The summed E-state index contributed by atoms with van der Waals surface area (Å²) in [6.07, 6.45) is 4.61. The molecule has 2 saturated carbocycles. The number of benzene rings is 1. The van der Waals surface area contributed by atoms with Crippen molar-refractivity contribution in [2.24, 2.45) is 5.92 Å². The van der Waals surface area contributed by atoms with E-state index in [2.05, 4.69) is 24.4 Å². The molecule has 0 heterocycles. The van der Waals surface area contributed by atoms with Crippen molar-refractivity contribution in [2.45, 2.75) is 51.2 Å². The molecule has 2 amide bonds. The Morgan fingerprint density at radius 3 is 2.44 bits per heavy atom. The first-order valence-corrected chi connectivity index (χ1v) is 9.47. The molecule has 2 atom stereocenters. The third kappa shape index (κ3) is 5.56. The third-order valence-corrected chi connectivity index (χ3v) is 5.17. The molecule has 0 spiro atoms. The van der Waals surface area contributed by atoms with Crippen LogP contribution >= 0.6 is 0 Å². The third-order valence-electron chi connectivity index (χ3n) is 5.17. The molecular formula is C20H30N3O2+. The number of carbonyl (C=O) groups excluding carboxylic acids is 2. The number of hydrogen-bond donors (Lipinski definition) is 2. The van der Waals surface area contributed by atoms with Gasteiger partial charge in [0.1, 0.15) is 0 Å². The van der Waals surface area contributed by atoms with Crippen LogP contribution in [0.3, 0.4) is 0 Å². The Kier molecular flexibility index (Phi) is 5.74. The van der Waals surface area contributed by atoms with Gasteiger partial charge in [0, 0.05) is 18.6 Å². The van der Waals surface area contributed by atoms with Crippen LogP contribution in [0.2, 0.25) is 0 Å². The smallest absolute Gasteiger partial charge is 0.278 e. The summed E-state index contributed by atoms with van der Waals surface area (Å²) in [6, 6.07) is 10.8. The maximum Gasteiger partial charge on any atom is 0.278 e. The van der Waals surface area contributed by atoms with Crippen LogP contribution in [0.1, 0.15) is 38.2 Å². The first-order valence-electron chi connectivity index (χ1n) is 9.47. The SMILES string of the molecule is C[C@H](C1CC1)N(Cc1ccccc1)C(=O)C[NH+](C)CC(=O)NC1CC1. The Balaban J connectivity index is 1.56. The molecule has 25 heavy (non-hydrogen) atoms. The van der Waals surface area contributed by atoms with Crippen molar-refractivity contribution in [1.29, 1.82) is 0 Å². The fourth-order valence-corrected chi connectivity index (χ4v) is 3.28. The Hall–Kier alpha value is -1.88. The second-order valence-electron chi connectivity index (χ2n) is 7.74. The predicted molar refractivity (Wildman–Crippen MR) is 97.0 cm³/mol. The molecule has 0 aliphatic heterocycles. The van der Waals surface area contributed by atoms with Gasteiger partial charge < -0.3 is 15.1 Å². The van der Waals surface area contributed by atoms with E-state index < -0.39 is 0 Å². The predicted octanol–water partition coefficient (Wildman–Crippen LogP) is 0.607. The molecule has 0 saturated heterocycles. The van der Waals surface area contributed by atoms with Crippen LogP contribution in [0.25, 0.3) is 0 Å². The molecule has 1 unspecified atom stereocenters. The van der Waals surface area contributed by atoms with Crippen LogP contribution in [-0.2, 0) is 16.1 Å². The number of quaternary nitrogens is 1. The highest BCUT2D eigenvalue weighted by Crippen LogP contribution is 2.35. The summed E-state index contributed by atoms with van der Waals surface area (Å²) in [5.74, 6) is 0.823. The van der Waals surface area contributed by atoms with Crippen molar-refractivity contribution in [3.05, 3.63) is 35.9 Å². The van der Waals surface area contributed by atoms with Gasteiger partial charge in [0.05, 0.1) is 7.05 Å². The molecule has 2 fully saturated rings. The standard InChI is InChI=1S/C20H29N3O2/c1-15(17-8-9-17)23(12-16-6-4-3-5-7-16)20(25)14-22(2)13-19(24)21-18-10-11-18/h3-7,15,17-18H,8-14H2,1-2H3,(H,21,24)/p+1/t15-/m1/s1. The molecular weight excluding hydrogens is 314 g/mol. The van der Waals surface area contributed by atoms with Crippen molar-refractivity contribution in [1.82, 2.24) is 10.2 Å². The molecule has 2 aliphatic carbocycles. The van der Waals surface area contributed by atoms with Gasteiger partial charge in [0.25, 0.3) is 11.8 Å². The second kappa shape index (κ2) is 8.00. The van der Waals surface area contributed by atoms with Gasteiger partial charge >= 0.3 is 0 Å². The van der Waals surface area contributed by atoms with Crippen LogP contribution in [0.15, 0.2) is 30.3 Å². The minimum absolute atomic E-state index is 0.0534. The molecule has 5 heteroatoms. The highest BCUT2D eigenvalue weighted by Gasteiger charge is 2.35. The summed E-state index contributed by atoms with van der Waals surface area (Å²) in [5.41, 5.74) is 1.16. The van der Waals surface area contributed by atoms with Gasteiger partial charge in [-0.1, -0.05) is 30.3 Å². The lowest BCUT2D eigenvalue weighted by Gasteiger charge is -2.30. The van der Waals surface area contributed by atoms with Crippen molar-refractivity contribution in [3.63, 3.8) is 0 Å². The van der Waals surface area contributed by atoms with E-state index in [1.54, 1.807) is 0 Å². The van der Waals surface area contributed by atoms with Crippen LogP contribution < -0.4 is 10.2 Å². The number of rotatable bonds is 9. The monoisotopic (exact) mass is 344 g/mol. The van der Waals surface area contributed by atoms with Crippen LogP contribution in [0, 0.1) is 5.92 Å². The summed E-state index contributed by atoms with van der Waals surface area (Å²) in [6.45, 7) is 3.54. The van der Waals surface area contributed by atoms with Gasteiger partial charge in [-0.2, -0.15) is 0 Å². The lowest BCUT2D eigenvalue weighted by atomic mass is 10.1. The zero-order chi connectivity index (χ0) is 17.8. The van der Waals surface area contributed by atoms with Crippen molar-refractivity contribution in [2.75, 3.05) is 20.1 Å². The fraction of sp³-hybridized carbons (Fsp3) is 0.600. The minimum Gasteiger partial charge on any atom is -0.348 e. The molecule has 0 bridgehead atoms. The van der Waals surface area contributed by atoms with Crippen molar-refractivity contribution < 1.29 is 14.5 Å². The summed E-state index contributed by atoms with van der Waals surface area (Å²) in [7, 11) is 1.92. The molecule has 1 aromatic rings. The molecule has 5 nitrogen and oxygen atoms in total. The topological polar surface area (TPSA) is 53.9 Å². The maximum absolute atomic E-state index is 12.9. The van der Waals surface area contributed by atoms with Crippen LogP contribution in [0.5, 0.6) is 0 Å². The van der Waals surface area contributed by atoms with Crippen LogP contribution in [0.4, 0.5) is 0 Å². The number of nitrogens with zero attached hydrogens (tertiary/aromatic N) is 1. The van der Waals surface area contributed by atoms with Crippen molar-refractivity contribution in [3.8, 4) is 0 Å². The van der Waals surface area contributed by atoms with Gasteiger partial charge in [0.15, 0.2) is 13.1 Å². The molecule has 136 valence electrons. The molecule has 2 aliphatic rings. The van der Waals surface area contributed by atoms with Gasteiger partial charge in [-0.05, 0) is 44.1 Å². The summed E-state index contributed by atoms with van der Waals surface area (Å²) < 4.78 is 0. The lowest BCUT2D eigenvalue weighted by molar-refractivity contribution is -0.863. The average molecular weight is 344 g/mol. The van der Waals surface area contributed by atoms with E-state index in [1.807, 2.05) is 30.1 Å². The first-order chi connectivity index (χ1) is 12.0. The highest BCUT2D eigenvalue weighted by molar-refractivity contribution is 5.79. The van der Waals surface area contributed by atoms with Gasteiger partial charge in [-0.3, -0.25) is 9.59 Å². The van der Waals surface area contributed by atoms with E-state index in [0.717, 1.165) is 23.3 Å². The number of nitrogens with one attached hydrogen (secondary N) is 2. The van der Waals surface area contributed by atoms with Crippen LogP contribution in [-0.4, -0.2) is 48.9 Å². The Labute approximate surface area is 150 Å². The number of likely N-dealkylation sites (N-methyl/N-ethyl adjacent to an activating group) is 1. The summed E-state index contributed by atoms with van der Waals surface area (Å²) in [4.78, 5) is 27.8. The maximum atomic E-state index is 12.9. The quantitative estimate of drug-likeness (QED) is 0.690. The molecule has 0 aromatic heterocycles. The molecule has 2 N–H and O–H groups in total. The molecule has 3 rings (SSSR count). The molecule has 1 aromatic carbocycles. The minimum atomic E-state index is 0.0534. The van der Waals surface area contributed by atoms with Gasteiger partial charge in [-0.15, -0.1) is 0 Å². The largest absolute Gasteiger partial charge is 0.348 e. The number of carbonyl (C=O) groups is 2. The summed E-state index contributed by atoms with van der Waals surface area (Å²) >= 11 is 0. The van der Waals surface area contributed by atoms with Gasteiger partial charge in [-0.25, -0.2) is 0 Å². The van der Waals surface area contributed by atoms with Crippen molar-refractivity contribution >= 4 is 11.8 Å². The van der Waals surface area contributed by atoms with Gasteiger partial charge in [0.2, 0.25) is 0 Å².